The van der Waals surface area contributed by atoms with E-state index in [0.29, 0.717) is 11.1 Å². The maximum absolute atomic E-state index is 11.8. The van der Waals surface area contributed by atoms with Gasteiger partial charge < -0.3 is 4.42 Å². The number of oxazole rings is 1. The van der Waals surface area contributed by atoms with Crippen LogP contribution in [-0.4, -0.2) is 22.5 Å². The Hall–Kier alpha value is -1.36. The lowest BCUT2D eigenvalue weighted by Crippen LogP contribution is -1.96. The van der Waals surface area contributed by atoms with E-state index in [1.54, 1.807) is 6.07 Å². The van der Waals surface area contributed by atoms with Crippen LogP contribution in [0.3, 0.4) is 0 Å². The highest BCUT2D eigenvalue weighted by molar-refractivity contribution is 7.92. The first-order valence-corrected chi connectivity index (χ1v) is 6.01. The van der Waals surface area contributed by atoms with Crippen LogP contribution in [0.5, 0.6) is 0 Å². The minimum absolute atomic E-state index is 0.196. The van der Waals surface area contributed by atoms with Crippen molar-refractivity contribution in [3.05, 3.63) is 24.3 Å². The molecule has 1 heterocycles. The van der Waals surface area contributed by atoms with E-state index in [-0.39, 0.29) is 5.22 Å². The summed E-state index contributed by atoms with van der Waals surface area (Å²) < 4.78 is 20.9. The van der Waals surface area contributed by atoms with Crippen molar-refractivity contribution in [2.75, 3.05) is 13.3 Å². The van der Waals surface area contributed by atoms with E-state index in [4.69, 9.17) is 4.42 Å². The largest absolute Gasteiger partial charge is 0.429 e. The van der Waals surface area contributed by atoms with Crippen LogP contribution in [0, 0.1) is 0 Å². The standard InChI is InChI=1S/C9H10N2O2S/c1-10-14(2,12)9-11-7-5-3-4-6-8(7)13-9/h3-6H,1-2H3/t14-/m1/s1. The Bertz CT molecular complexity index is 546. The second-order valence-electron chi connectivity index (χ2n) is 2.93. The molecule has 0 radical (unpaired) electrons. The molecule has 1 aromatic carbocycles. The average molecular weight is 210 g/mol. The van der Waals surface area contributed by atoms with Crippen molar-refractivity contribution in [2.24, 2.45) is 4.36 Å². The van der Waals surface area contributed by atoms with Crippen LogP contribution in [-0.2, 0) is 9.73 Å². The minimum atomic E-state index is -2.46. The highest BCUT2D eigenvalue weighted by Crippen LogP contribution is 2.18. The molecule has 1 atom stereocenters. The molecule has 0 spiro atoms. The normalized spacial score (nSPS) is 15.3. The summed E-state index contributed by atoms with van der Waals surface area (Å²) in [5.74, 6) is 0. The molecule has 2 aromatic rings. The number of rotatable bonds is 1. The van der Waals surface area contributed by atoms with Gasteiger partial charge in [0.05, 0.1) is 0 Å². The smallest absolute Gasteiger partial charge is 0.296 e. The van der Waals surface area contributed by atoms with Gasteiger partial charge in [0.1, 0.15) is 15.2 Å². The third-order valence-corrected chi connectivity index (χ3v) is 3.47. The second-order valence-corrected chi connectivity index (χ2v) is 5.25. The third-order valence-electron chi connectivity index (χ3n) is 1.95. The highest BCUT2D eigenvalue weighted by Gasteiger charge is 2.13. The Balaban J connectivity index is 2.74. The molecule has 0 saturated heterocycles. The summed E-state index contributed by atoms with van der Waals surface area (Å²) in [5, 5.41) is 0.196. The number of hydrogen-bond acceptors (Lipinski definition) is 4. The fourth-order valence-electron chi connectivity index (χ4n) is 1.09. The van der Waals surface area contributed by atoms with E-state index in [2.05, 4.69) is 9.35 Å². The lowest BCUT2D eigenvalue weighted by molar-refractivity contribution is 0.476. The molecule has 0 amide bonds. The molecule has 1 aromatic heterocycles. The molecule has 4 nitrogen and oxygen atoms in total. The van der Waals surface area contributed by atoms with Crippen molar-refractivity contribution < 1.29 is 8.63 Å². The Morgan fingerprint density at radius 3 is 2.79 bits per heavy atom. The summed E-state index contributed by atoms with van der Waals surface area (Å²) in [5.41, 5.74) is 1.35. The van der Waals surface area contributed by atoms with Crippen molar-refractivity contribution in [3.8, 4) is 0 Å². The number of para-hydroxylation sites is 2. The van der Waals surface area contributed by atoms with Crippen molar-refractivity contribution in [3.63, 3.8) is 0 Å². The summed E-state index contributed by atoms with van der Waals surface area (Å²) >= 11 is 0. The summed E-state index contributed by atoms with van der Waals surface area (Å²) in [7, 11) is -0.966. The van der Waals surface area contributed by atoms with Crippen LogP contribution >= 0.6 is 0 Å². The third kappa shape index (κ3) is 1.39. The van der Waals surface area contributed by atoms with Crippen LogP contribution in [0.1, 0.15) is 0 Å². The van der Waals surface area contributed by atoms with E-state index < -0.39 is 9.73 Å². The van der Waals surface area contributed by atoms with E-state index >= 15 is 0 Å². The highest BCUT2D eigenvalue weighted by atomic mass is 32.2. The number of benzene rings is 1. The summed E-state index contributed by atoms with van der Waals surface area (Å²) in [6, 6.07) is 7.30. The predicted octanol–water partition coefficient (Wildman–Crippen LogP) is 1.91. The Morgan fingerprint density at radius 2 is 2.14 bits per heavy atom. The quantitative estimate of drug-likeness (QED) is 0.722. The Kier molecular flexibility index (Phi) is 2.03. The molecule has 5 heteroatoms. The average Bonchev–Trinajstić information content (AvgIpc) is 2.61. The van der Waals surface area contributed by atoms with Crippen molar-refractivity contribution in [1.82, 2.24) is 4.98 Å². The molecule has 0 unspecified atom stereocenters. The zero-order chi connectivity index (χ0) is 10.2. The molecule has 14 heavy (non-hydrogen) atoms. The molecular weight excluding hydrogens is 200 g/mol. The van der Waals surface area contributed by atoms with Gasteiger partial charge in [-0.2, -0.15) is 0 Å². The van der Waals surface area contributed by atoms with E-state index in [1.807, 2.05) is 18.2 Å². The molecule has 0 fully saturated rings. The van der Waals surface area contributed by atoms with Gasteiger partial charge in [-0.1, -0.05) is 12.1 Å². The first kappa shape index (κ1) is 9.21. The predicted molar refractivity (Wildman–Crippen MR) is 54.7 cm³/mol. The topological polar surface area (TPSA) is 55.5 Å². The van der Waals surface area contributed by atoms with Crippen LogP contribution in [0.4, 0.5) is 0 Å². The van der Waals surface area contributed by atoms with Gasteiger partial charge in [0.2, 0.25) is 0 Å². The molecule has 0 aliphatic carbocycles. The minimum Gasteiger partial charge on any atom is -0.429 e. The molecule has 0 aliphatic rings. The SMILES string of the molecule is CN=[S@](C)(=O)c1nc2ccccc2o1. The molecular formula is C9H10N2O2S. The maximum atomic E-state index is 11.8. The molecule has 0 saturated carbocycles. The van der Waals surface area contributed by atoms with Crippen LogP contribution in [0.2, 0.25) is 0 Å². The van der Waals surface area contributed by atoms with Gasteiger partial charge in [0.15, 0.2) is 5.58 Å². The van der Waals surface area contributed by atoms with E-state index in [9.17, 15) is 4.21 Å². The van der Waals surface area contributed by atoms with E-state index in [1.165, 1.54) is 13.3 Å². The lowest BCUT2D eigenvalue weighted by Gasteiger charge is -1.93. The molecule has 74 valence electrons. The summed E-state index contributed by atoms with van der Waals surface area (Å²) in [6.07, 6.45) is 1.51. The Morgan fingerprint density at radius 1 is 1.43 bits per heavy atom. The van der Waals surface area contributed by atoms with Gasteiger partial charge in [-0.25, -0.2) is 13.6 Å². The van der Waals surface area contributed by atoms with Crippen molar-refractivity contribution in [1.29, 1.82) is 0 Å². The molecule has 0 N–H and O–H groups in total. The van der Waals surface area contributed by atoms with Crippen molar-refractivity contribution >= 4 is 20.8 Å². The fourth-order valence-corrected chi connectivity index (χ4v) is 1.76. The van der Waals surface area contributed by atoms with Gasteiger partial charge in [0, 0.05) is 13.3 Å². The molecule has 0 bridgehead atoms. The zero-order valence-electron chi connectivity index (χ0n) is 7.93. The first-order chi connectivity index (χ1) is 6.63. The second kappa shape index (κ2) is 3.09. The van der Waals surface area contributed by atoms with Crippen LogP contribution in [0.25, 0.3) is 11.1 Å². The van der Waals surface area contributed by atoms with Gasteiger partial charge in [-0.05, 0) is 12.1 Å². The van der Waals surface area contributed by atoms with E-state index in [0.717, 1.165) is 0 Å². The van der Waals surface area contributed by atoms with Gasteiger partial charge in [-0.3, -0.25) is 0 Å². The van der Waals surface area contributed by atoms with Crippen molar-refractivity contribution in [2.45, 2.75) is 5.22 Å². The maximum Gasteiger partial charge on any atom is 0.296 e. The van der Waals surface area contributed by atoms with Crippen LogP contribution in [0.15, 0.2) is 38.3 Å². The van der Waals surface area contributed by atoms with Gasteiger partial charge >= 0.3 is 0 Å². The molecule has 0 aliphatic heterocycles. The first-order valence-electron chi connectivity index (χ1n) is 4.09. The number of nitrogens with zero attached hydrogens (tertiary/aromatic N) is 2. The van der Waals surface area contributed by atoms with Gasteiger partial charge in [0.25, 0.3) is 5.22 Å². The fraction of sp³-hybridized carbons (Fsp3) is 0.222. The zero-order valence-corrected chi connectivity index (χ0v) is 8.75. The monoisotopic (exact) mass is 210 g/mol. The number of hydrogen-bond donors (Lipinski definition) is 0. The number of aromatic nitrogens is 1. The lowest BCUT2D eigenvalue weighted by atomic mass is 10.3. The number of fused-ring (bicyclic) bond motifs is 1. The summed E-state index contributed by atoms with van der Waals surface area (Å²) in [4.78, 5) is 4.12. The van der Waals surface area contributed by atoms with Gasteiger partial charge in [-0.15, -0.1) is 0 Å². The summed E-state index contributed by atoms with van der Waals surface area (Å²) in [6.45, 7) is 0. The molecule has 2 rings (SSSR count). The Labute approximate surface area is 82.1 Å². The van der Waals surface area contributed by atoms with Crippen LogP contribution < -0.4 is 0 Å².